The standard InChI is InChI=1S/C14H7BrN4O2S/c15-8-3-1-7(2-4-8)12-11(17-6-21-12)10-9(5-16)13(20)19-14(22)18-10/h1-4,6H,(H2,18,19,20,22). The lowest BCUT2D eigenvalue weighted by Crippen LogP contribution is -2.13. The number of aromatic amines is 2. The van der Waals surface area contributed by atoms with Gasteiger partial charge in [-0.3, -0.25) is 9.78 Å². The van der Waals surface area contributed by atoms with Crippen molar-refractivity contribution < 1.29 is 4.42 Å². The zero-order valence-corrected chi connectivity index (χ0v) is 13.3. The molecule has 0 bridgehead atoms. The molecule has 0 saturated carbocycles. The number of rotatable bonds is 2. The van der Waals surface area contributed by atoms with Crippen molar-refractivity contribution in [3.63, 3.8) is 0 Å². The molecule has 108 valence electrons. The molecule has 0 radical (unpaired) electrons. The molecule has 0 aliphatic rings. The van der Waals surface area contributed by atoms with Crippen LogP contribution in [0, 0.1) is 16.1 Å². The van der Waals surface area contributed by atoms with E-state index in [1.54, 1.807) is 0 Å². The molecule has 2 aromatic heterocycles. The molecular weight excluding hydrogens is 368 g/mol. The first kappa shape index (κ1) is 14.4. The predicted molar refractivity (Wildman–Crippen MR) is 85.6 cm³/mol. The largest absolute Gasteiger partial charge is 0.443 e. The Labute approximate surface area is 137 Å². The van der Waals surface area contributed by atoms with Crippen molar-refractivity contribution in [2.75, 3.05) is 0 Å². The summed E-state index contributed by atoms with van der Waals surface area (Å²) in [5.74, 6) is 0.445. The van der Waals surface area contributed by atoms with Crippen molar-refractivity contribution in [2.45, 2.75) is 0 Å². The maximum atomic E-state index is 11.9. The lowest BCUT2D eigenvalue weighted by Gasteiger charge is -2.03. The van der Waals surface area contributed by atoms with Crippen molar-refractivity contribution >= 4 is 28.1 Å². The van der Waals surface area contributed by atoms with E-state index in [-0.39, 0.29) is 16.0 Å². The monoisotopic (exact) mass is 374 g/mol. The molecule has 3 aromatic rings. The highest BCUT2D eigenvalue weighted by Crippen LogP contribution is 2.31. The number of nitrogens with zero attached hydrogens (tertiary/aromatic N) is 2. The van der Waals surface area contributed by atoms with Crippen LogP contribution in [-0.4, -0.2) is 15.0 Å². The number of aromatic nitrogens is 3. The Bertz CT molecular complexity index is 995. The average Bonchev–Trinajstić information content (AvgIpc) is 2.96. The molecule has 0 saturated heterocycles. The van der Waals surface area contributed by atoms with E-state index >= 15 is 0 Å². The quantitative estimate of drug-likeness (QED) is 0.669. The summed E-state index contributed by atoms with van der Waals surface area (Å²) in [7, 11) is 0. The maximum absolute atomic E-state index is 11.9. The van der Waals surface area contributed by atoms with Gasteiger partial charge in [0.1, 0.15) is 17.3 Å². The van der Waals surface area contributed by atoms with Crippen LogP contribution < -0.4 is 5.56 Å². The van der Waals surface area contributed by atoms with Gasteiger partial charge in [-0.25, -0.2) is 4.98 Å². The topological polar surface area (TPSA) is 98.5 Å². The molecule has 0 unspecified atom stereocenters. The molecule has 1 aromatic carbocycles. The number of nitrogens with one attached hydrogen (secondary N) is 2. The van der Waals surface area contributed by atoms with Crippen LogP contribution in [0.3, 0.4) is 0 Å². The van der Waals surface area contributed by atoms with Gasteiger partial charge in [-0.1, -0.05) is 28.1 Å². The minimum atomic E-state index is -0.564. The molecule has 22 heavy (non-hydrogen) atoms. The second-order valence-corrected chi connectivity index (χ2v) is 5.63. The van der Waals surface area contributed by atoms with Crippen LogP contribution in [0.5, 0.6) is 0 Å². The average molecular weight is 375 g/mol. The zero-order valence-electron chi connectivity index (χ0n) is 10.9. The first-order valence-electron chi connectivity index (χ1n) is 6.06. The van der Waals surface area contributed by atoms with Gasteiger partial charge in [0.2, 0.25) is 0 Å². The number of hydrogen-bond donors (Lipinski definition) is 2. The first-order valence-corrected chi connectivity index (χ1v) is 7.27. The number of halogens is 1. The maximum Gasteiger partial charge on any atom is 0.270 e. The SMILES string of the molecule is N#Cc1c(-c2ncoc2-c2ccc(Br)cc2)[nH]c(=S)[nH]c1=O. The van der Waals surface area contributed by atoms with Crippen LogP contribution in [0.4, 0.5) is 0 Å². The molecule has 2 N–H and O–H groups in total. The second-order valence-electron chi connectivity index (χ2n) is 4.31. The summed E-state index contributed by atoms with van der Waals surface area (Å²) in [5, 5.41) is 9.20. The van der Waals surface area contributed by atoms with E-state index in [2.05, 4.69) is 30.9 Å². The Balaban J connectivity index is 2.26. The highest BCUT2D eigenvalue weighted by atomic mass is 79.9. The molecular formula is C14H7BrN4O2S. The van der Waals surface area contributed by atoms with Crippen molar-refractivity contribution in [1.29, 1.82) is 5.26 Å². The van der Waals surface area contributed by atoms with E-state index < -0.39 is 5.56 Å². The number of nitriles is 1. The third-order valence-electron chi connectivity index (χ3n) is 2.97. The molecule has 0 fully saturated rings. The van der Waals surface area contributed by atoms with Crippen LogP contribution in [0.2, 0.25) is 0 Å². The number of hydrogen-bond acceptors (Lipinski definition) is 5. The highest BCUT2D eigenvalue weighted by molar-refractivity contribution is 9.10. The van der Waals surface area contributed by atoms with E-state index in [1.165, 1.54) is 6.39 Å². The minimum Gasteiger partial charge on any atom is -0.443 e. The summed E-state index contributed by atoms with van der Waals surface area (Å²) in [6.45, 7) is 0. The van der Waals surface area contributed by atoms with Gasteiger partial charge in [-0.05, 0) is 24.4 Å². The molecule has 0 aliphatic carbocycles. The lowest BCUT2D eigenvalue weighted by molar-refractivity contribution is 0.572. The Morgan fingerprint density at radius 3 is 2.68 bits per heavy atom. The molecule has 8 heteroatoms. The fraction of sp³-hybridized carbons (Fsp3) is 0. The smallest absolute Gasteiger partial charge is 0.270 e. The third kappa shape index (κ3) is 2.52. The molecule has 2 heterocycles. The van der Waals surface area contributed by atoms with Crippen molar-refractivity contribution in [3.05, 3.63) is 55.8 Å². The summed E-state index contributed by atoms with van der Waals surface area (Å²) in [6.07, 6.45) is 1.26. The molecule has 6 nitrogen and oxygen atoms in total. The lowest BCUT2D eigenvalue weighted by atomic mass is 10.1. The van der Waals surface area contributed by atoms with Gasteiger partial charge in [0.15, 0.2) is 16.9 Å². The van der Waals surface area contributed by atoms with E-state index in [4.69, 9.17) is 16.6 Å². The van der Waals surface area contributed by atoms with Gasteiger partial charge < -0.3 is 9.40 Å². The minimum absolute atomic E-state index is 0.0964. The summed E-state index contributed by atoms with van der Waals surface area (Å²) < 4.78 is 6.46. The zero-order chi connectivity index (χ0) is 15.7. The third-order valence-corrected chi connectivity index (χ3v) is 3.70. The summed E-state index contributed by atoms with van der Waals surface area (Å²) in [6, 6.07) is 9.24. The fourth-order valence-corrected chi connectivity index (χ4v) is 2.46. The Morgan fingerprint density at radius 2 is 2.00 bits per heavy atom. The van der Waals surface area contributed by atoms with Crippen LogP contribution >= 0.6 is 28.1 Å². The van der Waals surface area contributed by atoms with Crippen LogP contribution in [0.15, 0.2) is 44.3 Å². The first-order chi connectivity index (χ1) is 10.6. The molecule has 0 aliphatic heterocycles. The van der Waals surface area contributed by atoms with Gasteiger partial charge in [-0.15, -0.1) is 0 Å². The van der Waals surface area contributed by atoms with Crippen LogP contribution in [-0.2, 0) is 0 Å². The van der Waals surface area contributed by atoms with Gasteiger partial charge in [0.25, 0.3) is 5.56 Å². The van der Waals surface area contributed by atoms with Gasteiger partial charge in [0, 0.05) is 10.0 Å². The van der Waals surface area contributed by atoms with Gasteiger partial charge >= 0.3 is 0 Å². The fourth-order valence-electron chi connectivity index (χ4n) is 2.00. The van der Waals surface area contributed by atoms with Gasteiger partial charge in [-0.2, -0.15) is 5.26 Å². The Kier molecular flexibility index (Phi) is 3.75. The molecule has 0 spiro atoms. The number of benzene rings is 1. The van der Waals surface area contributed by atoms with E-state index in [0.717, 1.165) is 10.0 Å². The van der Waals surface area contributed by atoms with Crippen LogP contribution in [0.1, 0.15) is 5.56 Å². The van der Waals surface area contributed by atoms with E-state index in [1.807, 2.05) is 30.3 Å². The van der Waals surface area contributed by atoms with Gasteiger partial charge in [0.05, 0.1) is 5.69 Å². The van der Waals surface area contributed by atoms with E-state index in [9.17, 15) is 10.1 Å². The normalized spacial score (nSPS) is 10.4. The van der Waals surface area contributed by atoms with Crippen molar-refractivity contribution in [2.24, 2.45) is 0 Å². The number of H-pyrrole nitrogens is 2. The molecule has 3 rings (SSSR count). The van der Waals surface area contributed by atoms with E-state index in [0.29, 0.717) is 11.5 Å². The van der Waals surface area contributed by atoms with Crippen molar-refractivity contribution in [1.82, 2.24) is 15.0 Å². The second kappa shape index (κ2) is 5.71. The highest BCUT2D eigenvalue weighted by Gasteiger charge is 2.19. The Hall–Kier alpha value is -2.50. The molecule has 0 amide bonds. The Morgan fingerprint density at radius 1 is 1.27 bits per heavy atom. The summed E-state index contributed by atoms with van der Waals surface area (Å²) in [4.78, 5) is 21.1. The van der Waals surface area contributed by atoms with Crippen molar-refractivity contribution in [3.8, 4) is 28.8 Å². The summed E-state index contributed by atoms with van der Waals surface area (Å²) >= 11 is 8.32. The van der Waals surface area contributed by atoms with Crippen LogP contribution in [0.25, 0.3) is 22.7 Å². The summed E-state index contributed by atoms with van der Waals surface area (Å²) in [5.41, 5.74) is 0.699. The predicted octanol–water partition coefficient (Wildman–Crippen LogP) is 3.39. The molecule has 0 atom stereocenters. The number of oxazole rings is 1.